The van der Waals surface area contributed by atoms with Gasteiger partial charge in [-0.2, -0.15) is 0 Å². The van der Waals surface area contributed by atoms with E-state index in [4.69, 9.17) is 9.68 Å². The molecule has 48 heavy (non-hydrogen) atoms. The van der Waals surface area contributed by atoms with Crippen molar-refractivity contribution in [3.05, 3.63) is 34.4 Å². The minimum atomic E-state index is -1.59. The number of carboxylic acid groups (broad SMARTS) is 2. The zero-order valence-electron chi connectivity index (χ0n) is 30.5. The molecule has 1 aromatic rings. The fraction of sp³-hybridized carbons (Fsp3) is 0.722. The highest BCUT2D eigenvalue weighted by Crippen LogP contribution is 2.52. The van der Waals surface area contributed by atoms with Crippen molar-refractivity contribution in [3.8, 4) is 0 Å². The summed E-state index contributed by atoms with van der Waals surface area (Å²) in [4.78, 5) is 62.4. The first-order valence-corrected chi connectivity index (χ1v) is 17.3. The molecule has 0 bridgehead atoms. The first-order chi connectivity index (χ1) is 22.2. The van der Waals surface area contributed by atoms with Gasteiger partial charge in [0.05, 0.1) is 34.1 Å². The number of hydrogen-bond donors (Lipinski definition) is 2. The van der Waals surface area contributed by atoms with E-state index in [2.05, 4.69) is 10.6 Å². The van der Waals surface area contributed by atoms with Gasteiger partial charge >= 0.3 is 12.2 Å². The van der Waals surface area contributed by atoms with E-state index in [0.29, 0.717) is 44.3 Å². The molecule has 2 amide bonds. The lowest BCUT2D eigenvalue weighted by Crippen LogP contribution is -2.62. The van der Waals surface area contributed by atoms with Gasteiger partial charge in [0.2, 0.25) is 0 Å². The largest absolute Gasteiger partial charge is 0.545 e. The molecule has 12 heteroatoms. The second-order valence-electron chi connectivity index (χ2n) is 15.9. The zero-order chi connectivity index (χ0) is 36.2. The number of hydroxylamine groups is 4. The van der Waals surface area contributed by atoms with Crippen LogP contribution in [0.4, 0.5) is 9.59 Å². The van der Waals surface area contributed by atoms with Crippen LogP contribution in [0.5, 0.6) is 0 Å². The number of unbranched alkanes of at least 4 members (excludes halogenated alkanes) is 2. The Morgan fingerprint density at radius 1 is 0.688 bits per heavy atom. The van der Waals surface area contributed by atoms with Crippen molar-refractivity contribution in [1.29, 1.82) is 0 Å². The van der Waals surface area contributed by atoms with Crippen LogP contribution in [0.1, 0.15) is 164 Å². The monoisotopic (exact) mass is 672 g/mol. The number of carbonyl (C=O) groups is 4. The van der Waals surface area contributed by atoms with E-state index in [9.17, 15) is 29.4 Å². The quantitative estimate of drug-likeness (QED) is 0.296. The number of carbonyl (C=O) groups excluding carboxylic acids is 4. The third-order valence-corrected chi connectivity index (χ3v) is 9.68. The van der Waals surface area contributed by atoms with Crippen LogP contribution in [0.3, 0.4) is 0 Å². The first kappa shape index (κ1) is 39.1. The summed E-state index contributed by atoms with van der Waals surface area (Å²) in [5.41, 5.74) is -2.52. The molecule has 0 unspecified atom stereocenters. The van der Waals surface area contributed by atoms with E-state index >= 15 is 0 Å². The van der Waals surface area contributed by atoms with Gasteiger partial charge in [0, 0.05) is 24.2 Å². The molecule has 2 aliphatic heterocycles. The summed E-state index contributed by atoms with van der Waals surface area (Å²) in [6, 6.07) is 3.01. The summed E-state index contributed by atoms with van der Waals surface area (Å²) in [6.07, 6.45) is 4.15. The Bertz CT molecular complexity index is 1320. The maximum Gasteiger partial charge on any atom is 0.426 e. The van der Waals surface area contributed by atoms with E-state index < -0.39 is 57.8 Å². The van der Waals surface area contributed by atoms with Crippen LogP contribution < -0.4 is 20.8 Å². The molecular formula is C36H56N4O8-2. The van der Waals surface area contributed by atoms with E-state index in [-0.39, 0.29) is 11.5 Å². The van der Waals surface area contributed by atoms with Crippen LogP contribution in [0.25, 0.3) is 0 Å². The summed E-state index contributed by atoms with van der Waals surface area (Å²) in [5.74, 6) is -3.82. The maximum atomic E-state index is 12.9. The predicted molar refractivity (Wildman–Crippen MR) is 178 cm³/mol. The predicted octanol–water partition coefficient (Wildman–Crippen LogP) is 4.77. The number of hydrogen-bond acceptors (Lipinski definition) is 10. The van der Waals surface area contributed by atoms with Crippen LogP contribution in [0.2, 0.25) is 0 Å². The average molecular weight is 673 g/mol. The number of rotatable bonds is 12. The van der Waals surface area contributed by atoms with E-state index in [0.717, 1.165) is 31.2 Å². The number of nitrogens with one attached hydrogen (secondary N) is 2. The Balaban J connectivity index is 2.07. The molecule has 2 heterocycles. The van der Waals surface area contributed by atoms with Gasteiger partial charge in [-0.1, -0.05) is 38.8 Å². The maximum absolute atomic E-state index is 12.9. The van der Waals surface area contributed by atoms with Crippen LogP contribution in [0.15, 0.2) is 12.1 Å². The van der Waals surface area contributed by atoms with Crippen molar-refractivity contribution in [3.63, 3.8) is 0 Å². The number of nitrogens with zero attached hydrogens (tertiary/aromatic N) is 2. The molecule has 0 saturated carbocycles. The first-order valence-electron chi connectivity index (χ1n) is 17.3. The van der Waals surface area contributed by atoms with Crippen molar-refractivity contribution >= 4 is 24.1 Å². The Morgan fingerprint density at radius 2 is 1.08 bits per heavy atom. The Kier molecular flexibility index (Phi) is 12.2. The smallest absolute Gasteiger partial charge is 0.426 e. The topological polar surface area (TPSA) is 163 Å². The second kappa shape index (κ2) is 15.0. The zero-order valence-corrected chi connectivity index (χ0v) is 30.5. The molecule has 1 aromatic carbocycles. The molecule has 12 nitrogen and oxygen atoms in total. The molecule has 0 atom stereocenters. The van der Waals surface area contributed by atoms with Crippen molar-refractivity contribution in [1.82, 2.24) is 20.8 Å². The lowest BCUT2D eigenvalue weighted by atomic mass is 9.66. The molecule has 0 radical (unpaired) electrons. The van der Waals surface area contributed by atoms with E-state index in [1.54, 1.807) is 16.2 Å². The van der Waals surface area contributed by atoms with Crippen molar-refractivity contribution in [2.24, 2.45) is 0 Å². The fourth-order valence-corrected chi connectivity index (χ4v) is 8.23. The number of piperidine rings is 2. The van der Waals surface area contributed by atoms with Crippen LogP contribution in [-0.2, 0) is 9.68 Å². The summed E-state index contributed by atoms with van der Waals surface area (Å²) < 4.78 is 0. The number of benzene rings is 1. The van der Waals surface area contributed by atoms with Crippen LogP contribution in [-0.4, -0.2) is 69.5 Å². The molecule has 3 rings (SSSR count). The van der Waals surface area contributed by atoms with Gasteiger partial charge in [0.15, 0.2) is 0 Å². The number of amides is 2. The molecule has 0 aliphatic carbocycles. The van der Waals surface area contributed by atoms with Crippen LogP contribution >= 0.6 is 0 Å². The molecule has 2 saturated heterocycles. The summed E-state index contributed by atoms with van der Waals surface area (Å²) in [5, 5.41) is 34.1. The minimum absolute atomic E-state index is 0.216. The number of carboxylic acids is 2. The molecule has 2 N–H and O–H groups in total. The van der Waals surface area contributed by atoms with Crippen molar-refractivity contribution < 1.29 is 39.1 Å². The highest BCUT2D eigenvalue weighted by Gasteiger charge is 2.52. The van der Waals surface area contributed by atoms with Crippen LogP contribution in [0, 0.1) is 0 Å². The fourth-order valence-electron chi connectivity index (χ4n) is 8.23. The van der Waals surface area contributed by atoms with Crippen molar-refractivity contribution in [2.75, 3.05) is 13.1 Å². The van der Waals surface area contributed by atoms with Gasteiger partial charge in [0.1, 0.15) is 0 Å². The molecular weight excluding hydrogens is 616 g/mol. The van der Waals surface area contributed by atoms with Gasteiger partial charge in [-0.3, -0.25) is 0 Å². The average Bonchev–Trinajstić information content (AvgIpc) is 2.95. The highest BCUT2D eigenvalue weighted by molar-refractivity contribution is 6.01. The SMILES string of the molecule is CCCCNC(=O)ON1C(C)(C)CC(c2ccc(C(=O)[O-])c(C(=O)[O-])c2C2CC(C)(C)N(OC(=O)NCCCC)C(C)(C)C2)CC1(C)C. The van der Waals surface area contributed by atoms with Gasteiger partial charge < -0.3 is 40.1 Å². The summed E-state index contributed by atoms with van der Waals surface area (Å²) in [7, 11) is 0. The van der Waals surface area contributed by atoms with Gasteiger partial charge in [0.25, 0.3) is 0 Å². The van der Waals surface area contributed by atoms with Gasteiger partial charge in [-0.25, -0.2) is 9.59 Å². The third-order valence-electron chi connectivity index (χ3n) is 9.68. The van der Waals surface area contributed by atoms with E-state index in [1.807, 2.05) is 69.2 Å². The molecule has 0 spiro atoms. The summed E-state index contributed by atoms with van der Waals surface area (Å²) >= 11 is 0. The lowest BCUT2D eigenvalue weighted by Gasteiger charge is -2.55. The van der Waals surface area contributed by atoms with Gasteiger partial charge in [-0.05, 0) is 117 Å². The molecule has 2 fully saturated rings. The second-order valence-corrected chi connectivity index (χ2v) is 15.9. The minimum Gasteiger partial charge on any atom is -0.545 e. The van der Waals surface area contributed by atoms with Crippen molar-refractivity contribution in [2.45, 2.75) is 155 Å². The normalized spacial score (nSPS) is 20.9. The Labute approximate surface area is 285 Å². The Morgan fingerprint density at radius 3 is 1.44 bits per heavy atom. The van der Waals surface area contributed by atoms with Gasteiger partial charge in [-0.15, -0.1) is 10.1 Å². The molecule has 0 aromatic heterocycles. The third kappa shape index (κ3) is 8.80. The molecule has 2 aliphatic rings. The Hall–Kier alpha value is -3.38. The highest BCUT2D eigenvalue weighted by atomic mass is 16.7. The number of aromatic carboxylic acids is 2. The lowest BCUT2D eigenvalue weighted by molar-refractivity contribution is -0.260. The summed E-state index contributed by atoms with van der Waals surface area (Å²) in [6.45, 7) is 20.7. The molecule has 270 valence electrons. The standard InChI is InChI=1S/C36H58N4O8/c1-11-13-17-37-31(45)47-39-33(3,4)19-23(20-34(39,5)6)25-15-16-26(29(41)42)28(30(43)44)27(25)24-21-35(7,8)40(36(9,10)22-24)48-32(46)38-18-14-12-2/h15-16,23-24H,11-14,17-22H2,1-10H3,(H,37,45)(H,38,46)(H,41,42)(H,43,44)/p-2. The van der Waals surface area contributed by atoms with E-state index in [1.165, 1.54) is 6.07 Å².